The minimum absolute atomic E-state index is 0.0197. The summed E-state index contributed by atoms with van der Waals surface area (Å²) in [5.41, 5.74) is 9.02. The van der Waals surface area contributed by atoms with Crippen LogP contribution in [0.1, 0.15) is 222 Å². The highest BCUT2D eigenvalue weighted by atomic mass is 16.5. The van der Waals surface area contributed by atoms with Crippen LogP contribution in [-0.4, -0.2) is 119 Å². The average Bonchev–Trinajstić information content (AvgIpc) is 0.824. The first-order valence-electron chi connectivity index (χ1n) is 32.2. The number of ether oxygens (including phenoxy) is 8. The van der Waals surface area contributed by atoms with Crippen LogP contribution in [0.5, 0.6) is 80.5 Å². The van der Waals surface area contributed by atoms with Gasteiger partial charge in [0.2, 0.25) is 11.5 Å². The smallest absolute Gasteiger partial charge is 0.338 e. The van der Waals surface area contributed by atoms with Gasteiger partial charge in [0.05, 0.1) is 72.1 Å². The third-order valence-corrected chi connectivity index (χ3v) is 15.3. The highest BCUT2D eigenvalue weighted by Gasteiger charge is 2.30. The second-order valence-electron chi connectivity index (χ2n) is 27.1. The molecule has 9 N–H and O–H groups in total. The molecule has 0 fully saturated rings. The van der Waals surface area contributed by atoms with Gasteiger partial charge < -0.3 is 83.9 Å². The van der Waals surface area contributed by atoms with Crippen molar-refractivity contribution in [2.45, 2.75) is 200 Å². The Balaban J connectivity index is 0.000000583. The summed E-state index contributed by atoms with van der Waals surface area (Å²) in [6.07, 6.45) is 2.70. The summed E-state index contributed by atoms with van der Waals surface area (Å²) < 4.78 is 40.8. The van der Waals surface area contributed by atoms with E-state index in [-0.39, 0.29) is 73.0 Å². The Kier molecular flexibility index (Phi) is 33.2. The van der Waals surface area contributed by atoms with E-state index >= 15 is 0 Å². The van der Waals surface area contributed by atoms with Crippen LogP contribution >= 0.6 is 0 Å². The molecule has 0 saturated carbocycles. The first-order chi connectivity index (χ1) is 44.8. The molecule has 0 atom stereocenters. The van der Waals surface area contributed by atoms with Gasteiger partial charge in [-0.25, -0.2) is 14.4 Å². The maximum atomic E-state index is 11.7. The lowest BCUT2D eigenvalue weighted by atomic mass is 9.78. The van der Waals surface area contributed by atoms with E-state index in [1.165, 1.54) is 26.4 Å². The Morgan fingerprint density at radius 3 is 1.13 bits per heavy atom. The number of benzene rings is 6. The molecule has 0 aliphatic carbocycles. The van der Waals surface area contributed by atoms with E-state index in [1.807, 2.05) is 60.6 Å². The van der Waals surface area contributed by atoms with Crippen LogP contribution in [0.4, 0.5) is 0 Å². The SMILES string of the molecule is CCCOC(=O)c1cc(CC)c(O)c(O)c1C.CCCOC(=O)c1cc(O)c(O)c(OC)c1C.CCCOC(=O)c1cc(O)c(OC)c(O)c1C.COc1c(C(C)(C)C)cc(O)c(C(C)(C)C)c1C.COc1ccc(O)c(C(C)(C)C)c1C.COc1ccc(O)c(C)c1C(C)(C)C. The second-order valence-corrected chi connectivity index (χ2v) is 27.1. The predicted octanol–water partition coefficient (Wildman–Crippen LogP) is 16.8. The fraction of sp³-hybridized carbons (Fsp3) is 0.494. The first-order valence-corrected chi connectivity index (χ1v) is 32.2. The van der Waals surface area contributed by atoms with E-state index in [2.05, 4.69) is 83.1 Å². The van der Waals surface area contributed by atoms with Gasteiger partial charge in [-0.05, 0) is 160 Å². The van der Waals surface area contributed by atoms with Crippen LogP contribution in [0.3, 0.4) is 0 Å². The van der Waals surface area contributed by atoms with Crippen molar-refractivity contribution in [2.24, 2.45) is 0 Å². The Hall–Kier alpha value is -9.07. The van der Waals surface area contributed by atoms with Gasteiger partial charge in [-0.15, -0.1) is 0 Å². The molecule has 6 aromatic carbocycles. The van der Waals surface area contributed by atoms with Crippen molar-refractivity contribution < 1.29 is 98.2 Å². The van der Waals surface area contributed by atoms with Crippen LogP contribution in [0.15, 0.2) is 48.5 Å². The minimum Gasteiger partial charge on any atom is -0.508 e. The van der Waals surface area contributed by atoms with E-state index in [4.69, 9.17) is 37.9 Å². The van der Waals surface area contributed by atoms with Crippen molar-refractivity contribution in [3.8, 4) is 80.5 Å². The molecule has 540 valence electrons. The maximum Gasteiger partial charge on any atom is 0.338 e. The largest absolute Gasteiger partial charge is 0.508 e. The molecule has 0 aliphatic rings. The number of hydrogen-bond acceptors (Lipinski definition) is 20. The lowest BCUT2D eigenvalue weighted by Crippen LogP contribution is -2.18. The maximum absolute atomic E-state index is 11.7. The third kappa shape index (κ3) is 23.1. The fourth-order valence-electron chi connectivity index (χ4n) is 10.6. The van der Waals surface area contributed by atoms with Crippen LogP contribution in [0.25, 0.3) is 0 Å². The van der Waals surface area contributed by atoms with Crippen molar-refractivity contribution in [3.63, 3.8) is 0 Å². The topological polar surface area (TPSA) is 307 Å². The number of methoxy groups -OCH3 is 5. The highest BCUT2D eigenvalue weighted by molar-refractivity contribution is 5.94. The van der Waals surface area contributed by atoms with Gasteiger partial charge in [0.1, 0.15) is 34.5 Å². The van der Waals surface area contributed by atoms with Crippen LogP contribution < -0.4 is 23.7 Å². The molecule has 6 aromatic rings. The molecule has 6 rings (SSSR count). The summed E-state index contributed by atoms with van der Waals surface area (Å²) in [5.74, 6) is 0.323. The van der Waals surface area contributed by atoms with Gasteiger partial charge in [-0.3, -0.25) is 0 Å². The summed E-state index contributed by atoms with van der Waals surface area (Å²) in [6, 6.07) is 12.8. The molecule has 0 radical (unpaired) electrons. The lowest BCUT2D eigenvalue weighted by molar-refractivity contribution is 0.0494. The molecule has 0 aliphatic heterocycles. The Labute approximate surface area is 575 Å². The molecule has 0 heterocycles. The van der Waals surface area contributed by atoms with E-state index in [0.29, 0.717) is 84.1 Å². The quantitative estimate of drug-likeness (QED) is 0.0262. The monoisotopic (exact) mass is 1360 g/mol. The van der Waals surface area contributed by atoms with Gasteiger partial charge in [0.25, 0.3) is 0 Å². The number of phenols is 9. The normalized spacial score (nSPS) is 11.0. The molecule has 0 saturated heterocycles. The number of hydrogen-bond donors (Lipinski definition) is 9. The molecule has 20 nitrogen and oxygen atoms in total. The summed E-state index contributed by atoms with van der Waals surface area (Å²) in [5, 5.41) is 87.5. The van der Waals surface area contributed by atoms with Gasteiger partial charge in [0, 0.05) is 38.9 Å². The standard InChI is InChI=1S/C16H26O2.C13H18O4.2C12H16O5.2C12H18O2/c1-10-13(16(5,6)7)12(17)9-11(14(10)18-8)15(2,3)4;1-4-6-17-13(16)10-7-9(5-2)12(15)11(14)8(10)3;1-4-5-17-12(15)8-6-9(13)10(14)11(16-3)7(8)2;1-4-5-17-12(15)8-6-9(13)11(16-3)10(14)7(8)2;1-8-10(14-5)7-6-9(13)11(8)12(2,3)4;1-8-9(13)6-7-10(14-5)11(8)12(2,3)4/h9,17H,1-8H3;7,14-15H,4-6H2,1-3H3;2*6,13-14H,4-5H2,1-3H3;2*6-7,13H,1-5H3. The zero-order valence-corrected chi connectivity index (χ0v) is 62.6. The van der Waals surface area contributed by atoms with Gasteiger partial charge >= 0.3 is 17.9 Å². The van der Waals surface area contributed by atoms with Gasteiger partial charge in [-0.2, -0.15) is 0 Å². The summed E-state index contributed by atoms with van der Waals surface area (Å²) in [7, 11) is 7.67. The summed E-state index contributed by atoms with van der Waals surface area (Å²) in [6.45, 7) is 44.4. The van der Waals surface area contributed by atoms with Crippen LogP contribution in [0.2, 0.25) is 0 Å². The fourth-order valence-corrected chi connectivity index (χ4v) is 10.6. The molecule has 20 heteroatoms. The molecule has 0 amide bonds. The van der Waals surface area contributed by atoms with Gasteiger partial charge in [-0.1, -0.05) is 111 Å². The second kappa shape index (κ2) is 37.4. The zero-order chi connectivity index (χ0) is 75.2. The number of carbonyl (C=O) groups is 3. The highest BCUT2D eigenvalue weighted by Crippen LogP contribution is 2.46. The van der Waals surface area contributed by atoms with Crippen molar-refractivity contribution >= 4 is 17.9 Å². The molecule has 97 heavy (non-hydrogen) atoms. The van der Waals surface area contributed by atoms with E-state index < -0.39 is 23.7 Å². The number of phenolic OH excluding ortho intramolecular Hbond substituents is 9. The van der Waals surface area contributed by atoms with Crippen LogP contribution in [0, 0.1) is 41.5 Å². The summed E-state index contributed by atoms with van der Waals surface area (Å²) in [4.78, 5) is 35.1. The van der Waals surface area contributed by atoms with Crippen molar-refractivity contribution in [1.82, 2.24) is 0 Å². The van der Waals surface area contributed by atoms with E-state index in [0.717, 1.165) is 62.6 Å². The summed E-state index contributed by atoms with van der Waals surface area (Å²) >= 11 is 0. The number of carbonyl (C=O) groups excluding carboxylic acids is 3. The van der Waals surface area contributed by atoms with Crippen molar-refractivity contribution in [1.29, 1.82) is 0 Å². The zero-order valence-electron chi connectivity index (χ0n) is 62.6. The van der Waals surface area contributed by atoms with E-state index in [1.54, 1.807) is 66.4 Å². The molecule has 0 spiro atoms. The van der Waals surface area contributed by atoms with E-state index in [9.17, 15) is 60.3 Å². The molecule has 0 unspecified atom stereocenters. The first kappa shape index (κ1) is 85.9. The Bertz CT molecular complexity index is 3590. The lowest BCUT2D eigenvalue weighted by Gasteiger charge is -2.29. The van der Waals surface area contributed by atoms with Crippen molar-refractivity contribution in [3.05, 3.63) is 126 Å². The molecular weight excluding hydrogens is 1240 g/mol. The Morgan fingerprint density at radius 2 is 0.732 bits per heavy atom. The molecular formula is C77H112O20. The van der Waals surface area contributed by atoms with Crippen LogP contribution in [-0.2, 0) is 42.3 Å². The minimum atomic E-state index is -0.572. The average molecular weight is 1360 g/mol. The third-order valence-electron chi connectivity index (χ3n) is 15.3. The van der Waals surface area contributed by atoms with Gasteiger partial charge in [0.15, 0.2) is 34.5 Å². The number of esters is 3. The van der Waals surface area contributed by atoms with Crippen molar-refractivity contribution in [2.75, 3.05) is 55.4 Å². The number of aromatic hydroxyl groups is 9. The molecule has 0 aromatic heterocycles. The molecule has 0 bridgehead atoms. The Morgan fingerprint density at radius 1 is 0.340 bits per heavy atom. The number of aryl methyl sites for hydroxylation is 1. The predicted molar refractivity (Wildman–Crippen MR) is 381 cm³/mol. The number of rotatable bonds is 15.